The zero-order valence-corrected chi connectivity index (χ0v) is 9.81. The van der Waals surface area contributed by atoms with Gasteiger partial charge in [0.25, 0.3) is 0 Å². The molecule has 0 aliphatic heterocycles. The molecule has 0 fully saturated rings. The molecule has 1 rings (SSSR count). The number of benzene rings is 1. The molecular weight excluding hydrogens is 220 g/mol. The van der Waals surface area contributed by atoms with Crippen LogP contribution in [-0.2, 0) is 16.0 Å². The van der Waals surface area contributed by atoms with Gasteiger partial charge in [0, 0.05) is 0 Å². The predicted molar refractivity (Wildman–Crippen MR) is 63.0 cm³/mol. The first-order valence-corrected chi connectivity index (χ1v) is 5.61. The van der Waals surface area contributed by atoms with Crippen LogP contribution in [-0.4, -0.2) is 23.7 Å². The lowest BCUT2D eigenvalue weighted by atomic mass is 10.1. The van der Waals surface area contributed by atoms with E-state index in [1.54, 1.807) is 24.3 Å². The SMILES string of the molecule is CCCCOC(=O)c1cccc(CC(=O)O)c1. The lowest BCUT2D eigenvalue weighted by Crippen LogP contribution is -2.07. The number of hydrogen-bond donors (Lipinski definition) is 1. The molecular formula is C13H16O4. The Kier molecular flexibility index (Phi) is 5.20. The van der Waals surface area contributed by atoms with Crippen molar-refractivity contribution >= 4 is 11.9 Å². The Morgan fingerprint density at radius 1 is 1.35 bits per heavy atom. The molecule has 0 spiro atoms. The molecule has 1 aromatic rings. The van der Waals surface area contributed by atoms with Crippen LogP contribution < -0.4 is 0 Å². The normalized spacial score (nSPS) is 9.94. The van der Waals surface area contributed by atoms with Gasteiger partial charge in [0.15, 0.2) is 0 Å². The second-order valence-corrected chi connectivity index (χ2v) is 3.76. The van der Waals surface area contributed by atoms with Crippen LogP contribution in [0.1, 0.15) is 35.7 Å². The van der Waals surface area contributed by atoms with E-state index >= 15 is 0 Å². The van der Waals surface area contributed by atoms with Crippen molar-refractivity contribution in [3.05, 3.63) is 35.4 Å². The summed E-state index contributed by atoms with van der Waals surface area (Å²) in [5.41, 5.74) is 1.00. The van der Waals surface area contributed by atoms with E-state index in [9.17, 15) is 9.59 Å². The highest BCUT2D eigenvalue weighted by atomic mass is 16.5. The zero-order chi connectivity index (χ0) is 12.7. The highest BCUT2D eigenvalue weighted by Crippen LogP contribution is 2.08. The third-order valence-electron chi connectivity index (χ3n) is 2.25. The van der Waals surface area contributed by atoms with Gasteiger partial charge >= 0.3 is 11.9 Å². The molecule has 0 amide bonds. The fourth-order valence-electron chi connectivity index (χ4n) is 1.38. The van der Waals surface area contributed by atoms with Crippen molar-refractivity contribution in [3.63, 3.8) is 0 Å². The van der Waals surface area contributed by atoms with Crippen LogP contribution in [0.15, 0.2) is 24.3 Å². The fourth-order valence-corrected chi connectivity index (χ4v) is 1.38. The summed E-state index contributed by atoms with van der Waals surface area (Å²) in [5.74, 6) is -1.31. The number of carboxylic acids is 1. The van der Waals surface area contributed by atoms with Gasteiger partial charge in [0.2, 0.25) is 0 Å². The van der Waals surface area contributed by atoms with Gasteiger partial charge in [-0.25, -0.2) is 4.79 Å². The number of esters is 1. The lowest BCUT2D eigenvalue weighted by Gasteiger charge is -2.05. The van der Waals surface area contributed by atoms with E-state index in [-0.39, 0.29) is 6.42 Å². The first-order chi connectivity index (χ1) is 8.13. The first-order valence-electron chi connectivity index (χ1n) is 5.61. The molecule has 4 nitrogen and oxygen atoms in total. The molecule has 92 valence electrons. The van der Waals surface area contributed by atoms with E-state index in [0.29, 0.717) is 17.7 Å². The summed E-state index contributed by atoms with van der Waals surface area (Å²) in [6, 6.07) is 6.52. The maximum Gasteiger partial charge on any atom is 0.338 e. The lowest BCUT2D eigenvalue weighted by molar-refractivity contribution is -0.136. The second kappa shape index (κ2) is 6.68. The molecule has 0 unspecified atom stereocenters. The first kappa shape index (κ1) is 13.2. The summed E-state index contributed by atoms with van der Waals surface area (Å²) in [6.07, 6.45) is 1.71. The van der Waals surface area contributed by atoms with Gasteiger partial charge in [-0.05, 0) is 24.1 Å². The standard InChI is InChI=1S/C13H16O4/c1-2-3-7-17-13(16)11-6-4-5-10(8-11)9-12(14)15/h4-6,8H,2-3,7,9H2,1H3,(H,14,15). The third-order valence-corrected chi connectivity index (χ3v) is 2.25. The van der Waals surface area contributed by atoms with E-state index in [4.69, 9.17) is 9.84 Å². The summed E-state index contributed by atoms with van der Waals surface area (Å²) in [7, 11) is 0. The number of ether oxygens (including phenoxy) is 1. The van der Waals surface area contributed by atoms with Gasteiger partial charge in [-0.1, -0.05) is 25.5 Å². The van der Waals surface area contributed by atoms with Crippen LogP contribution in [0, 0.1) is 0 Å². The van der Waals surface area contributed by atoms with Crippen LogP contribution in [0.2, 0.25) is 0 Å². The highest BCUT2D eigenvalue weighted by Gasteiger charge is 2.08. The Bertz CT molecular complexity index is 398. The minimum Gasteiger partial charge on any atom is -0.481 e. The van der Waals surface area contributed by atoms with Crippen LogP contribution in [0.25, 0.3) is 0 Å². The average Bonchev–Trinajstić information content (AvgIpc) is 2.28. The van der Waals surface area contributed by atoms with E-state index in [2.05, 4.69) is 0 Å². The number of carbonyl (C=O) groups excluding carboxylic acids is 1. The highest BCUT2D eigenvalue weighted by molar-refractivity contribution is 5.89. The molecule has 0 saturated heterocycles. The van der Waals surface area contributed by atoms with Crippen molar-refractivity contribution in [2.45, 2.75) is 26.2 Å². The molecule has 0 aliphatic rings. The molecule has 1 N–H and O–H groups in total. The van der Waals surface area contributed by atoms with Crippen LogP contribution in [0.5, 0.6) is 0 Å². The third kappa shape index (κ3) is 4.68. The maximum absolute atomic E-state index is 11.6. The Morgan fingerprint density at radius 3 is 2.76 bits per heavy atom. The molecule has 17 heavy (non-hydrogen) atoms. The number of rotatable bonds is 6. The van der Waals surface area contributed by atoms with Gasteiger partial charge in [-0.2, -0.15) is 0 Å². The Hall–Kier alpha value is -1.84. The molecule has 0 aromatic heterocycles. The van der Waals surface area contributed by atoms with Crippen LogP contribution >= 0.6 is 0 Å². The molecule has 0 heterocycles. The van der Waals surface area contributed by atoms with E-state index in [1.165, 1.54) is 0 Å². The van der Waals surface area contributed by atoms with Crippen molar-refractivity contribution in [2.24, 2.45) is 0 Å². The Labute approximate surface area is 100 Å². The predicted octanol–water partition coefficient (Wildman–Crippen LogP) is 2.27. The van der Waals surface area contributed by atoms with E-state index in [0.717, 1.165) is 12.8 Å². The summed E-state index contributed by atoms with van der Waals surface area (Å²) >= 11 is 0. The maximum atomic E-state index is 11.6. The Balaban J connectivity index is 2.63. The van der Waals surface area contributed by atoms with Gasteiger partial charge in [0.05, 0.1) is 18.6 Å². The molecule has 1 aromatic carbocycles. The summed E-state index contributed by atoms with van der Waals surface area (Å²) in [6.45, 7) is 2.42. The van der Waals surface area contributed by atoms with Crippen molar-refractivity contribution < 1.29 is 19.4 Å². The zero-order valence-electron chi connectivity index (χ0n) is 9.81. The minimum atomic E-state index is -0.915. The Morgan fingerprint density at radius 2 is 2.12 bits per heavy atom. The number of carbonyl (C=O) groups is 2. The molecule has 0 saturated carbocycles. The second-order valence-electron chi connectivity index (χ2n) is 3.76. The van der Waals surface area contributed by atoms with Crippen molar-refractivity contribution in [1.29, 1.82) is 0 Å². The number of unbranched alkanes of at least 4 members (excludes halogenated alkanes) is 1. The fraction of sp³-hybridized carbons (Fsp3) is 0.385. The van der Waals surface area contributed by atoms with Crippen LogP contribution in [0.4, 0.5) is 0 Å². The largest absolute Gasteiger partial charge is 0.481 e. The van der Waals surface area contributed by atoms with Gasteiger partial charge < -0.3 is 9.84 Å². The van der Waals surface area contributed by atoms with Gasteiger partial charge in [-0.3, -0.25) is 4.79 Å². The summed E-state index contributed by atoms with van der Waals surface area (Å²) in [5, 5.41) is 8.65. The van der Waals surface area contributed by atoms with Crippen molar-refractivity contribution in [1.82, 2.24) is 0 Å². The smallest absolute Gasteiger partial charge is 0.338 e. The molecule has 0 bridgehead atoms. The topological polar surface area (TPSA) is 63.6 Å². The van der Waals surface area contributed by atoms with Crippen LogP contribution in [0.3, 0.4) is 0 Å². The van der Waals surface area contributed by atoms with Gasteiger partial charge in [0.1, 0.15) is 0 Å². The molecule has 4 heteroatoms. The van der Waals surface area contributed by atoms with Gasteiger partial charge in [-0.15, -0.1) is 0 Å². The monoisotopic (exact) mass is 236 g/mol. The van der Waals surface area contributed by atoms with E-state index < -0.39 is 11.9 Å². The minimum absolute atomic E-state index is 0.0872. The quantitative estimate of drug-likeness (QED) is 0.608. The number of carboxylic acid groups (broad SMARTS) is 1. The molecule has 0 aliphatic carbocycles. The summed E-state index contributed by atoms with van der Waals surface area (Å²) < 4.78 is 5.04. The number of hydrogen-bond acceptors (Lipinski definition) is 3. The summed E-state index contributed by atoms with van der Waals surface area (Å²) in [4.78, 5) is 22.1. The molecule has 0 atom stereocenters. The van der Waals surface area contributed by atoms with Crippen molar-refractivity contribution in [3.8, 4) is 0 Å². The molecule has 0 radical (unpaired) electrons. The van der Waals surface area contributed by atoms with E-state index in [1.807, 2.05) is 6.92 Å². The number of aliphatic carboxylic acids is 1. The van der Waals surface area contributed by atoms with Crippen molar-refractivity contribution in [2.75, 3.05) is 6.61 Å². The average molecular weight is 236 g/mol.